The van der Waals surface area contributed by atoms with Gasteiger partial charge in [0.05, 0.1) is 37.4 Å². The predicted octanol–water partition coefficient (Wildman–Crippen LogP) is 4.97. The van der Waals surface area contributed by atoms with E-state index in [2.05, 4.69) is 5.32 Å². The number of methoxy groups -OCH3 is 1. The Morgan fingerprint density at radius 2 is 1.67 bits per heavy atom. The Labute approximate surface area is 254 Å². The summed E-state index contributed by atoms with van der Waals surface area (Å²) in [6.07, 6.45) is -4.89. The van der Waals surface area contributed by atoms with Gasteiger partial charge in [-0.1, -0.05) is 48.5 Å². The van der Waals surface area contributed by atoms with E-state index in [-0.39, 0.29) is 42.0 Å². The molecule has 4 aromatic rings. The molecule has 1 aromatic heterocycles. The molecule has 0 saturated carbocycles. The van der Waals surface area contributed by atoms with Crippen molar-refractivity contribution in [2.75, 3.05) is 13.7 Å². The van der Waals surface area contributed by atoms with Gasteiger partial charge >= 0.3 is 11.9 Å². The van der Waals surface area contributed by atoms with Crippen molar-refractivity contribution >= 4 is 5.91 Å². The van der Waals surface area contributed by atoms with Crippen LogP contribution in [-0.4, -0.2) is 33.9 Å². The summed E-state index contributed by atoms with van der Waals surface area (Å²) in [5.74, 6) is -2.93. The molecule has 0 aliphatic rings. The van der Waals surface area contributed by atoms with E-state index < -0.39 is 65.2 Å². The maximum atomic E-state index is 15.6. The molecule has 238 valence electrons. The van der Waals surface area contributed by atoms with E-state index in [1.807, 2.05) is 0 Å². The number of hydrogen-bond donors (Lipinski definition) is 2. The van der Waals surface area contributed by atoms with Crippen LogP contribution < -0.4 is 21.3 Å². The maximum absolute atomic E-state index is 15.6. The number of carbonyl (C=O) groups is 1. The van der Waals surface area contributed by atoms with Crippen LogP contribution in [0.5, 0.6) is 5.75 Å². The van der Waals surface area contributed by atoms with E-state index in [4.69, 9.17) is 9.84 Å². The Balaban J connectivity index is 1.99. The zero-order valence-electron chi connectivity index (χ0n) is 24.3. The first-order valence-corrected chi connectivity index (χ1v) is 13.9. The van der Waals surface area contributed by atoms with Crippen LogP contribution in [0.15, 0.2) is 76.3 Å². The first kappa shape index (κ1) is 33.1. The molecule has 0 spiro atoms. The number of aliphatic hydroxyl groups is 1. The smallest absolute Gasteiger partial charge is 0.416 e. The lowest BCUT2D eigenvalue weighted by Gasteiger charge is -2.23. The van der Waals surface area contributed by atoms with Crippen LogP contribution in [0.4, 0.5) is 22.0 Å². The Morgan fingerprint density at radius 3 is 2.31 bits per heavy atom. The highest BCUT2D eigenvalue weighted by Crippen LogP contribution is 2.34. The van der Waals surface area contributed by atoms with Gasteiger partial charge in [0.2, 0.25) is 5.91 Å². The van der Waals surface area contributed by atoms with Crippen molar-refractivity contribution in [2.45, 2.75) is 45.1 Å². The van der Waals surface area contributed by atoms with Crippen LogP contribution in [0, 0.1) is 18.6 Å². The van der Waals surface area contributed by atoms with Gasteiger partial charge in [-0.3, -0.25) is 18.7 Å². The van der Waals surface area contributed by atoms with Crippen molar-refractivity contribution in [3.8, 4) is 16.9 Å². The van der Waals surface area contributed by atoms with E-state index in [1.165, 1.54) is 32.2 Å². The highest BCUT2D eigenvalue weighted by Gasteiger charge is 2.35. The van der Waals surface area contributed by atoms with Crippen molar-refractivity contribution in [3.05, 3.63) is 122 Å². The monoisotopic (exact) mass is 631 g/mol. The molecular formula is C32H30F5N3O5. The molecule has 1 amide bonds. The Bertz CT molecular complexity index is 1800. The average Bonchev–Trinajstić information content (AvgIpc) is 3.01. The van der Waals surface area contributed by atoms with Crippen molar-refractivity contribution in [3.63, 3.8) is 0 Å². The quantitative estimate of drug-likeness (QED) is 0.228. The summed E-state index contributed by atoms with van der Waals surface area (Å²) in [4.78, 5) is 40.7. The molecule has 2 N–H and O–H groups in total. The second kappa shape index (κ2) is 13.9. The van der Waals surface area contributed by atoms with Gasteiger partial charge in [0.15, 0.2) is 11.6 Å². The second-order valence-corrected chi connectivity index (χ2v) is 10.2. The number of nitrogens with one attached hydrogen (secondary N) is 1. The van der Waals surface area contributed by atoms with Crippen LogP contribution >= 0.6 is 0 Å². The van der Waals surface area contributed by atoms with Crippen molar-refractivity contribution in [1.29, 1.82) is 0 Å². The lowest BCUT2D eigenvalue weighted by molar-refractivity contribution is -0.138. The normalized spacial score (nSPS) is 12.2. The van der Waals surface area contributed by atoms with Crippen LogP contribution in [0.1, 0.15) is 41.3 Å². The van der Waals surface area contributed by atoms with Gasteiger partial charge < -0.3 is 15.2 Å². The maximum Gasteiger partial charge on any atom is 0.416 e. The third kappa shape index (κ3) is 7.14. The minimum Gasteiger partial charge on any atom is -0.494 e. The molecule has 0 saturated heterocycles. The molecule has 8 nitrogen and oxygen atoms in total. The molecule has 4 rings (SSSR count). The fraction of sp³-hybridized carbons (Fsp3) is 0.281. The topological polar surface area (TPSA) is 103 Å². The standard InChI is InChI=1S/C32H30F5N3O5/c1-19-28(21-11-6-14-26(45-2)29(21)34)30(43)40(18-25(20-9-4-3-5-10-20)38-27(42)15-8-16-41)31(44)39(19)17-22-23(32(35,36)37)12-7-13-24(22)33/h3-7,9-14,25,41H,8,15-18H2,1-2H3,(H,38,42)/t25-/m0/s1. The minimum atomic E-state index is -4.97. The van der Waals surface area contributed by atoms with Crippen molar-refractivity contribution < 1.29 is 36.6 Å². The molecule has 13 heteroatoms. The Hall–Kier alpha value is -4.78. The summed E-state index contributed by atoms with van der Waals surface area (Å²) in [6.45, 7) is -0.448. The zero-order valence-corrected chi connectivity index (χ0v) is 24.3. The van der Waals surface area contributed by atoms with E-state index >= 15 is 4.39 Å². The third-order valence-corrected chi connectivity index (χ3v) is 7.34. The number of ether oxygens (including phenoxy) is 1. The molecule has 1 heterocycles. The lowest BCUT2D eigenvalue weighted by atomic mass is 10.0. The molecule has 3 aromatic carbocycles. The molecule has 45 heavy (non-hydrogen) atoms. The average molecular weight is 632 g/mol. The Kier molecular flexibility index (Phi) is 10.2. The van der Waals surface area contributed by atoms with Gasteiger partial charge in [0, 0.05) is 29.8 Å². The fourth-order valence-electron chi connectivity index (χ4n) is 5.07. The highest BCUT2D eigenvalue weighted by molar-refractivity contribution is 5.76. The van der Waals surface area contributed by atoms with E-state index in [0.717, 1.165) is 16.7 Å². The molecule has 0 radical (unpaired) electrons. The summed E-state index contributed by atoms with van der Waals surface area (Å²) >= 11 is 0. The molecule has 1 atom stereocenters. The number of rotatable bonds is 11. The number of nitrogens with zero attached hydrogens (tertiary/aromatic N) is 2. The van der Waals surface area contributed by atoms with Crippen molar-refractivity contribution in [1.82, 2.24) is 14.5 Å². The van der Waals surface area contributed by atoms with Crippen LogP contribution in [0.3, 0.4) is 0 Å². The highest BCUT2D eigenvalue weighted by atomic mass is 19.4. The summed E-state index contributed by atoms with van der Waals surface area (Å²) in [7, 11) is 1.20. The number of alkyl halides is 3. The largest absolute Gasteiger partial charge is 0.494 e. The number of aliphatic hydroxyl groups excluding tert-OH is 1. The number of benzene rings is 3. The number of halogens is 5. The SMILES string of the molecule is COc1cccc(-c2c(C)n(Cc3c(F)cccc3C(F)(F)F)c(=O)n(C[C@H](NC(=O)CCCO)c3ccccc3)c2=O)c1F. The molecule has 0 aliphatic carbocycles. The Morgan fingerprint density at radius 1 is 0.978 bits per heavy atom. The second-order valence-electron chi connectivity index (χ2n) is 10.2. The van der Waals surface area contributed by atoms with Gasteiger partial charge in [-0.2, -0.15) is 13.2 Å². The number of carbonyl (C=O) groups excluding carboxylic acids is 1. The lowest BCUT2D eigenvalue weighted by Crippen LogP contribution is -2.45. The molecule has 0 bridgehead atoms. The van der Waals surface area contributed by atoms with E-state index in [0.29, 0.717) is 16.2 Å². The summed E-state index contributed by atoms with van der Waals surface area (Å²) < 4.78 is 78.7. The molecular weight excluding hydrogens is 601 g/mol. The number of amides is 1. The fourth-order valence-corrected chi connectivity index (χ4v) is 5.07. The van der Waals surface area contributed by atoms with E-state index in [1.54, 1.807) is 30.3 Å². The van der Waals surface area contributed by atoms with Gasteiger partial charge in [-0.15, -0.1) is 0 Å². The van der Waals surface area contributed by atoms with Gasteiger partial charge in [0.1, 0.15) is 5.82 Å². The van der Waals surface area contributed by atoms with Gasteiger partial charge in [-0.25, -0.2) is 13.6 Å². The van der Waals surface area contributed by atoms with Crippen LogP contribution in [0.25, 0.3) is 11.1 Å². The number of hydrogen-bond acceptors (Lipinski definition) is 5. The van der Waals surface area contributed by atoms with Gasteiger partial charge in [-0.05, 0) is 37.1 Å². The zero-order chi connectivity index (χ0) is 32.9. The summed E-state index contributed by atoms with van der Waals surface area (Å²) in [6, 6.07) is 13.6. The van der Waals surface area contributed by atoms with Crippen LogP contribution in [-0.2, 0) is 24.1 Å². The predicted molar refractivity (Wildman–Crippen MR) is 156 cm³/mol. The van der Waals surface area contributed by atoms with Crippen molar-refractivity contribution in [2.24, 2.45) is 0 Å². The van der Waals surface area contributed by atoms with Gasteiger partial charge in [0.25, 0.3) is 5.56 Å². The first-order valence-electron chi connectivity index (χ1n) is 13.9. The molecule has 0 unspecified atom stereocenters. The molecule has 0 fully saturated rings. The van der Waals surface area contributed by atoms with Crippen LogP contribution in [0.2, 0.25) is 0 Å². The third-order valence-electron chi connectivity index (χ3n) is 7.34. The summed E-state index contributed by atoms with van der Waals surface area (Å²) in [5, 5.41) is 11.9. The minimum absolute atomic E-state index is 0.0688. The number of aromatic nitrogens is 2. The van der Waals surface area contributed by atoms with E-state index in [9.17, 15) is 31.9 Å². The first-order chi connectivity index (χ1) is 21.4. The summed E-state index contributed by atoms with van der Waals surface area (Å²) in [5.41, 5.74) is -4.67. The molecule has 0 aliphatic heterocycles.